The van der Waals surface area contributed by atoms with Crippen LogP contribution in [0.2, 0.25) is 5.02 Å². The molecule has 0 saturated carbocycles. The number of phenols is 2. The van der Waals surface area contributed by atoms with E-state index in [-0.39, 0.29) is 16.9 Å². The van der Waals surface area contributed by atoms with Crippen molar-refractivity contribution in [3.05, 3.63) is 58.2 Å². The van der Waals surface area contributed by atoms with Crippen molar-refractivity contribution in [2.24, 2.45) is 0 Å². The molecular formula is C20H22ClNO3. The van der Waals surface area contributed by atoms with Crippen LogP contribution in [0.25, 0.3) is 6.08 Å². The van der Waals surface area contributed by atoms with Crippen LogP contribution in [0.15, 0.2) is 42.1 Å². The maximum Gasteiger partial charge on any atom is 0.164 e. The van der Waals surface area contributed by atoms with E-state index in [0.717, 1.165) is 16.9 Å². The first-order chi connectivity index (χ1) is 11.9. The monoisotopic (exact) mass is 359 g/mol. The molecule has 5 heteroatoms. The van der Waals surface area contributed by atoms with Crippen molar-refractivity contribution in [1.29, 1.82) is 0 Å². The minimum absolute atomic E-state index is 0.119. The van der Waals surface area contributed by atoms with Gasteiger partial charge in [0.1, 0.15) is 0 Å². The highest BCUT2D eigenvalue weighted by atomic mass is 35.5. The third-order valence-electron chi connectivity index (χ3n) is 4.71. The van der Waals surface area contributed by atoms with Crippen molar-refractivity contribution < 1.29 is 14.9 Å². The molecule has 3 rings (SSSR count). The molecule has 132 valence electrons. The fourth-order valence-electron chi connectivity index (χ4n) is 3.34. The quantitative estimate of drug-likeness (QED) is 0.787. The number of hydrogen-bond acceptors (Lipinski definition) is 4. The summed E-state index contributed by atoms with van der Waals surface area (Å²) in [7, 11) is 1.68. The van der Waals surface area contributed by atoms with Gasteiger partial charge in [0.05, 0.1) is 6.61 Å². The Morgan fingerprint density at radius 3 is 2.68 bits per heavy atom. The Labute approximate surface area is 152 Å². The SMILES string of the molecule is COCCN1/C(=C/c2cccc(O)c2O)C(C)(C)c2cc(Cl)ccc21. The molecule has 2 aromatic rings. The van der Waals surface area contributed by atoms with Crippen LogP contribution in [0.4, 0.5) is 5.69 Å². The number of anilines is 1. The summed E-state index contributed by atoms with van der Waals surface area (Å²) in [5, 5.41) is 20.7. The topological polar surface area (TPSA) is 52.9 Å². The molecule has 1 aliphatic rings. The van der Waals surface area contributed by atoms with Crippen molar-refractivity contribution in [2.45, 2.75) is 19.3 Å². The lowest BCUT2D eigenvalue weighted by molar-refractivity contribution is 0.206. The van der Waals surface area contributed by atoms with Crippen LogP contribution in [0.3, 0.4) is 0 Å². The number of rotatable bonds is 4. The van der Waals surface area contributed by atoms with Crippen LogP contribution in [0.5, 0.6) is 11.5 Å². The number of fused-ring (bicyclic) bond motifs is 1. The van der Waals surface area contributed by atoms with Gasteiger partial charge < -0.3 is 19.8 Å². The molecule has 0 unspecified atom stereocenters. The first-order valence-corrected chi connectivity index (χ1v) is 8.53. The summed E-state index contributed by atoms with van der Waals surface area (Å²) in [4.78, 5) is 2.18. The lowest BCUT2D eigenvalue weighted by Gasteiger charge is -2.27. The molecule has 0 aromatic heterocycles. The number of nitrogens with zero attached hydrogens (tertiary/aromatic N) is 1. The summed E-state index contributed by atoms with van der Waals surface area (Å²) in [6.45, 7) is 5.50. The molecule has 0 radical (unpaired) electrons. The van der Waals surface area contributed by atoms with Gasteiger partial charge in [-0.15, -0.1) is 0 Å². The van der Waals surface area contributed by atoms with E-state index < -0.39 is 0 Å². The Hall–Kier alpha value is -2.17. The van der Waals surface area contributed by atoms with Crippen molar-refractivity contribution >= 4 is 23.4 Å². The molecule has 0 saturated heterocycles. The van der Waals surface area contributed by atoms with E-state index in [4.69, 9.17) is 16.3 Å². The van der Waals surface area contributed by atoms with Crippen LogP contribution in [-0.4, -0.2) is 30.5 Å². The van der Waals surface area contributed by atoms with Gasteiger partial charge >= 0.3 is 0 Å². The summed E-state index contributed by atoms with van der Waals surface area (Å²) in [6, 6.07) is 10.8. The summed E-state index contributed by atoms with van der Waals surface area (Å²) in [5.74, 6) is -0.249. The highest BCUT2D eigenvalue weighted by Crippen LogP contribution is 2.49. The van der Waals surface area contributed by atoms with Gasteiger partial charge in [0.25, 0.3) is 0 Å². The maximum absolute atomic E-state index is 10.2. The minimum Gasteiger partial charge on any atom is -0.504 e. The Kier molecular flexibility index (Phi) is 4.67. The number of benzene rings is 2. The molecule has 1 heterocycles. The van der Waals surface area contributed by atoms with E-state index in [0.29, 0.717) is 23.7 Å². The Bertz CT molecular complexity index is 830. The predicted octanol–water partition coefficient (Wildman–Crippen LogP) is 4.54. The number of aromatic hydroxyl groups is 2. The van der Waals surface area contributed by atoms with E-state index in [9.17, 15) is 10.2 Å². The van der Waals surface area contributed by atoms with E-state index >= 15 is 0 Å². The molecule has 0 atom stereocenters. The molecule has 0 aliphatic carbocycles. The Morgan fingerprint density at radius 1 is 1.20 bits per heavy atom. The van der Waals surface area contributed by atoms with Crippen molar-refractivity contribution in [1.82, 2.24) is 0 Å². The first-order valence-electron chi connectivity index (χ1n) is 8.16. The largest absolute Gasteiger partial charge is 0.504 e. The van der Waals surface area contributed by atoms with Crippen molar-refractivity contribution in [3.63, 3.8) is 0 Å². The second-order valence-electron chi connectivity index (χ2n) is 6.68. The third-order valence-corrected chi connectivity index (χ3v) is 4.95. The average Bonchev–Trinajstić information content (AvgIpc) is 2.77. The zero-order valence-corrected chi connectivity index (χ0v) is 15.3. The van der Waals surface area contributed by atoms with Gasteiger partial charge in [-0.3, -0.25) is 0 Å². The summed E-state index contributed by atoms with van der Waals surface area (Å²) < 4.78 is 5.27. The van der Waals surface area contributed by atoms with E-state index in [2.05, 4.69) is 18.7 Å². The highest BCUT2D eigenvalue weighted by molar-refractivity contribution is 6.30. The fraction of sp³-hybridized carbons (Fsp3) is 0.300. The zero-order valence-electron chi connectivity index (χ0n) is 14.6. The van der Waals surface area contributed by atoms with Gasteiger partial charge in [-0.25, -0.2) is 0 Å². The second kappa shape index (κ2) is 6.62. The number of phenolic OH excluding ortho intramolecular Hbond substituents is 2. The number of ether oxygens (including phenoxy) is 1. The van der Waals surface area contributed by atoms with Gasteiger partial charge in [-0.1, -0.05) is 37.6 Å². The molecule has 2 aromatic carbocycles. The predicted molar refractivity (Wildman–Crippen MR) is 101 cm³/mol. The summed E-state index contributed by atoms with van der Waals surface area (Å²) in [6.07, 6.45) is 1.92. The molecule has 0 fully saturated rings. The maximum atomic E-state index is 10.2. The van der Waals surface area contributed by atoms with Gasteiger partial charge in [0.15, 0.2) is 11.5 Å². The Balaban J connectivity index is 2.16. The number of halogens is 1. The second-order valence-corrected chi connectivity index (χ2v) is 7.11. The first kappa shape index (κ1) is 17.6. The van der Waals surface area contributed by atoms with E-state index in [1.54, 1.807) is 19.2 Å². The average molecular weight is 360 g/mol. The number of para-hydroxylation sites is 1. The molecule has 0 bridgehead atoms. The smallest absolute Gasteiger partial charge is 0.164 e. The van der Waals surface area contributed by atoms with E-state index in [1.165, 1.54) is 6.07 Å². The van der Waals surface area contributed by atoms with Crippen LogP contribution >= 0.6 is 11.6 Å². The van der Waals surface area contributed by atoms with Crippen molar-refractivity contribution in [2.75, 3.05) is 25.2 Å². The lowest BCUT2D eigenvalue weighted by Crippen LogP contribution is -2.28. The third kappa shape index (κ3) is 3.08. The summed E-state index contributed by atoms with van der Waals surface area (Å²) >= 11 is 6.22. The number of allylic oxidation sites excluding steroid dienone is 1. The normalized spacial score (nSPS) is 17.1. The number of methoxy groups -OCH3 is 1. The molecule has 25 heavy (non-hydrogen) atoms. The van der Waals surface area contributed by atoms with Crippen LogP contribution in [0.1, 0.15) is 25.0 Å². The van der Waals surface area contributed by atoms with Crippen LogP contribution in [0, 0.1) is 0 Å². The standard InChI is InChI=1S/C20H22ClNO3/c1-20(2)15-12-14(21)7-8-16(15)22(9-10-25-3)18(20)11-13-5-4-6-17(23)19(13)24/h4-8,11-12,23-24H,9-10H2,1-3H3/b18-11+. The van der Waals surface area contributed by atoms with Gasteiger partial charge in [0.2, 0.25) is 0 Å². The lowest BCUT2D eigenvalue weighted by atomic mass is 9.83. The molecule has 0 spiro atoms. The molecule has 0 amide bonds. The van der Waals surface area contributed by atoms with Gasteiger partial charge in [-0.05, 0) is 35.9 Å². The summed E-state index contributed by atoms with van der Waals surface area (Å²) in [5.41, 5.74) is 3.50. The number of hydrogen-bond donors (Lipinski definition) is 2. The van der Waals surface area contributed by atoms with E-state index in [1.807, 2.05) is 24.3 Å². The molecule has 4 nitrogen and oxygen atoms in total. The van der Waals surface area contributed by atoms with Gasteiger partial charge in [0, 0.05) is 41.0 Å². The highest BCUT2D eigenvalue weighted by Gasteiger charge is 2.40. The molecule has 2 N–H and O–H groups in total. The van der Waals surface area contributed by atoms with Crippen LogP contribution < -0.4 is 4.90 Å². The Morgan fingerprint density at radius 2 is 1.96 bits per heavy atom. The molecular weight excluding hydrogens is 338 g/mol. The van der Waals surface area contributed by atoms with Crippen LogP contribution in [-0.2, 0) is 10.2 Å². The fourth-order valence-corrected chi connectivity index (χ4v) is 3.52. The molecule has 1 aliphatic heterocycles. The zero-order chi connectivity index (χ0) is 18.2. The van der Waals surface area contributed by atoms with Gasteiger partial charge in [-0.2, -0.15) is 0 Å². The van der Waals surface area contributed by atoms with Crippen molar-refractivity contribution in [3.8, 4) is 11.5 Å². The minimum atomic E-state index is -0.300.